The highest BCUT2D eigenvalue weighted by Gasteiger charge is 2.19. The van der Waals surface area contributed by atoms with Crippen molar-refractivity contribution in [3.8, 4) is 11.5 Å². The summed E-state index contributed by atoms with van der Waals surface area (Å²) in [6.07, 6.45) is 2.61. The molecule has 1 saturated heterocycles. The van der Waals surface area contributed by atoms with Crippen LogP contribution >= 0.6 is 0 Å². The molecule has 2 heterocycles. The van der Waals surface area contributed by atoms with Crippen molar-refractivity contribution in [3.05, 3.63) is 23.8 Å². The van der Waals surface area contributed by atoms with Crippen LogP contribution in [-0.4, -0.2) is 44.3 Å². The number of fused-ring (bicyclic) bond motifs is 1. The van der Waals surface area contributed by atoms with Crippen LogP contribution in [0.15, 0.2) is 18.2 Å². The van der Waals surface area contributed by atoms with Gasteiger partial charge in [-0.25, -0.2) is 0 Å². The third kappa shape index (κ3) is 3.89. The summed E-state index contributed by atoms with van der Waals surface area (Å²) in [6, 6.07) is 6.35. The lowest BCUT2D eigenvalue weighted by molar-refractivity contribution is 0.167. The molecule has 4 nitrogen and oxygen atoms in total. The lowest BCUT2D eigenvalue weighted by atomic mass is 9.96. The van der Waals surface area contributed by atoms with E-state index in [1.54, 1.807) is 0 Å². The van der Waals surface area contributed by atoms with Gasteiger partial charge in [0, 0.05) is 6.54 Å². The van der Waals surface area contributed by atoms with E-state index in [1.165, 1.54) is 38.0 Å². The molecule has 4 heteroatoms. The van der Waals surface area contributed by atoms with Crippen LogP contribution in [-0.2, 0) is 6.54 Å². The number of piperidine rings is 1. The van der Waals surface area contributed by atoms with Crippen LogP contribution in [0.3, 0.4) is 0 Å². The number of hydrogen-bond donors (Lipinski definition) is 1. The lowest BCUT2D eigenvalue weighted by Gasteiger charge is -2.32. The molecule has 3 rings (SSSR count). The Kier molecular flexibility index (Phi) is 4.99. The molecule has 1 aromatic rings. The fourth-order valence-electron chi connectivity index (χ4n) is 3.14. The highest BCUT2D eigenvalue weighted by molar-refractivity contribution is 5.43. The van der Waals surface area contributed by atoms with Gasteiger partial charge in [0.15, 0.2) is 11.5 Å². The second-order valence-corrected chi connectivity index (χ2v) is 6.01. The molecule has 21 heavy (non-hydrogen) atoms. The predicted molar refractivity (Wildman–Crippen MR) is 84.0 cm³/mol. The third-order valence-corrected chi connectivity index (χ3v) is 4.40. The Labute approximate surface area is 127 Å². The number of hydrogen-bond acceptors (Lipinski definition) is 4. The SMILES string of the molecule is CCNCC1CCN(Cc2ccc3c(c2)OCCO3)CC1. The van der Waals surface area contributed by atoms with E-state index in [2.05, 4.69) is 29.3 Å². The van der Waals surface area contributed by atoms with Gasteiger partial charge in [-0.1, -0.05) is 13.0 Å². The van der Waals surface area contributed by atoms with Crippen molar-refractivity contribution in [2.75, 3.05) is 39.4 Å². The average molecular weight is 290 g/mol. The highest BCUT2D eigenvalue weighted by Crippen LogP contribution is 2.31. The van der Waals surface area contributed by atoms with E-state index in [0.717, 1.165) is 30.5 Å². The van der Waals surface area contributed by atoms with E-state index in [0.29, 0.717) is 13.2 Å². The van der Waals surface area contributed by atoms with Crippen LogP contribution in [0.2, 0.25) is 0 Å². The van der Waals surface area contributed by atoms with Crippen molar-refractivity contribution in [2.45, 2.75) is 26.3 Å². The molecule has 2 aliphatic heterocycles. The van der Waals surface area contributed by atoms with E-state index in [4.69, 9.17) is 9.47 Å². The Balaban J connectivity index is 1.51. The van der Waals surface area contributed by atoms with Crippen molar-refractivity contribution in [1.29, 1.82) is 0 Å². The van der Waals surface area contributed by atoms with Gasteiger partial charge in [-0.15, -0.1) is 0 Å². The predicted octanol–water partition coefficient (Wildman–Crippen LogP) is 2.28. The monoisotopic (exact) mass is 290 g/mol. The Morgan fingerprint density at radius 1 is 1.14 bits per heavy atom. The molecule has 1 fully saturated rings. The number of rotatable bonds is 5. The summed E-state index contributed by atoms with van der Waals surface area (Å²) in [5.74, 6) is 2.64. The van der Waals surface area contributed by atoms with Gasteiger partial charge in [-0.3, -0.25) is 4.90 Å². The summed E-state index contributed by atoms with van der Waals surface area (Å²) in [5.41, 5.74) is 1.32. The third-order valence-electron chi connectivity index (χ3n) is 4.40. The maximum absolute atomic E-state index is 5.66. The Morgan fingerprint density at radius 2 is 1.90 bits per heavy atom. The maximum atomic E-state index is 5.66. The quantitative estimate of drug-likeness (QED) is 0.902. The molecule has 2 aliphatic rings. The minimum Gasteiger partial charge on any atom is -0.486 e. The molecule has 0 amide bonds. The fraction of sp³-hybridized carbons (Fsp3) is 0.647. The summed E-state index contributed by atoms with van der Waals surface area (Å²) in [7, 11) is 0. The second-order valence-electron chi connectivity index (χ2n) is 6.01. The molecule has 0 saturated carbocycles. The molecule has 116 valence electrons. The van der Waals surface area contributed by atoms with Gasteiger partial charge in [0.2, 0.25) is 0 Å². The molecule has 0 aliphatic carbocycles. The largest absolute Gasteiger partial charge is 0.486 e. The van der Waals surface area contributed by atoms with E-state index >= 15 is 0 Å². The lowest BCUT2D eigenvalue weighted by Crippen LogP contribution is -2.36. The number of benzene rings is 1. The first-order chi connectivity index (χ1) is 10.3. The van der Waals surface area contributed by atoms with Gasteiger partial charge in [0.05, 0.1) is 0 Å². The standard InChI is InChI=1S/C17H26N2O2/c1-2-18-12-14-5-7-19(8-6-14)13-15-3-4-16-17(11-15)21-10-9-20-16/h3-4,11,14,18H,2,5-10,12-13H2,1H3. The Bertz CT molecular complexity index is 456. The molecule has 0 unspecified atom stereocenters. The van der Waals surface area contributed by atoms with E-state index in [-0.39, 0.29) is 0 Å². The molecular weight excluding hydrogens is 264 g/mol. The number of nitrogens with one attached hydrogen (secondary N) is 1. The van der Waals surface area contributed by atoms with Crippen LogP contribution in [0.25, 0.3) is 0 Å². The summed E-state index contributed by atoms with van der Waals surface area (Å²) in [6.45, 7) is 9.17. The van der Waals surface area contributed by atoms with Gasteiger partial charge in [0.1, 0.15) is 13.2 Å². The molecule has 0 atom stereocenters. The van der Waals surface area contributed by atoms with E-state index < -0.39 is 0 Å². The molecule has 1 N–H and O–H groups in total. The van der Waals surface area contributed by atoms with Crippen molar-refractivity contribution < 1.29 is 9.47 Å². The zero-order valence-electron chi connectivity index (χ0n) is 12.9. The molecule has 0 aromatic heterocycles. The van der Waals surface area contributed by atoms with Gasteiger partial charge in [0.25, 0.3) is 0 Å². The van der Waals surface area contributed by atoms with E-state index in [9.17, 15) is 0 Å². The smallest absolute Gasteiger partial charge is 0.161 e. The zero-order chi connectivity index (χ0) is 14.5. The van der Waals surface area contributed by atoms with Gasteiger partial charge in [-0.05, 0) is 62.6 Å². The number of ether oxygens (including phenoxy) is 2. The van der Waals surface area contributed by atoms with Crippen molar-refractivity contribution in [2.24, 2.45) is 5.92 Å². The topological polar surface area (TPSA) is 33.7 Å². The first kappa shape index (κ1) is 14.7. The molecule has 0 spiro atoms. The minimum atomic E-state index is 0.658. The van der Waals surface area contributed by atoms with Crippen molar-refractivity contribution in [3.63, 3.8) is 0 Å². The van der Waals surface area contributed by atoms with Crippen LogP contribution in [0.1, 0.15) is 25.3 Å². The van der Waals surface area contributed by atoms with Crippen LogP contribution < -0.4 is 14.8 Å². The molecule has 1 aromatic carbocycles. The minimum absolute atomic E-state index is 0.658. The number of likely N-dealkylation sites (tertiary alicyclic amines) is 1. The zero-order valence-corrected chi connectivity index (χ0v) is 12.9. The first-order valence-corrected chi connectivity index (χ1v) is 8.16. The van der Waals surface area contributed by atoms with Crippen LogP contribution in [0.5, 0.6) is 11.5 Å². The first-order valence-electron chi connectivity index (χ1n) is 8.16. The summed E-state index contributed by atoms with van der Waals surface area (Å²) < 4.78 is 11.2. The number of nitrogens with zero attached hydrogens (tertiary/aromatic N) is 1. The van der Waals surface area contributed by atoms with Crippen LogP contribution in [0.4, 0.5) is 0 Å². The summed E-state index contributed by atoms with van der Waals surface area (Å²) >= 11 is 0. The fourth-order valence-corrected chi connectivity index (χ4v) is 3.14. The van der Waals surface area contributed by atoms with Gasteiger partial charge >= 0.3 is 0 Å². The van der Waals surface area contributed by atoms with E-state index in [1.807, 2.05) is 6.07 Å². The molecule has 0 radical (unpaired) electrons. The summed E-state index contributed by atoms with van der Waals surface area (Å²) in [4.78, 5) is 2.55. The Morgan fingerprint density at radius 3 is 2.67 bits per heavy atom. The highest BCUT2D eigenvalue weighted by atomic mass is 16.6. The molecule has 0 bridgehead atoms. The van der Waals surface area contributed by atoms with Crippen molar-refractivity contribution >= 4 is 0 Å². The van der Waals surface area contributed by atoms with Crippen LogP contribution in [0, 0.1) is 5.92 Å². The maximum Gasteiger partial charge on any atom is 0.161 e. The second kappa shape index (κ2) is 7.14. The molecular formula is C17H26N2O2. The average Bonchev–Trinajstić information content (AvgIpc) is 2.54. The normalized spacial score (nSPS) is 19.7. The summed E-state index contributed by atoms with van der Waals surface area (Å²) in [5, 5.41) is 3.47. The van der Waals surface area contributed by atoms with Gasteiger partial charge in [-0.2, -0.15) is 0 Å². The van der Waals surface area contributed by atoms with Gasteiger partial charge < -0.3 is 14.8 Å². The Hall–Kier alpha value is -1.26. The van der Waals surface area contributed by atoms with Crippen molar-refractivity contribution in [1.82, 2.24) is 10.2 Å².